The quantitative estimate of drug-likeness (QED) is 0.487. The molecule has 98 valence electrons. The smallest absolute Gasteiger partial charge is 0.411 e. The molecule has 0 spiro atoms. The highest BCUT2D eigenvalue weighted by atomic mass is 16.6. The molecule has 1 atom stereocenters. The molecule has 1 saturated heterocycles. The minimum atomic E-state index is -1.31. The third-order valence-corrected chi connectivity index (χ3v) is 2.19. The number of amides is 3. The van der Waals surface area contributed by atoms with Gasteiger partial charge in [-0.05, 0) is 0 Å². The molecule has 1 heterocycles. The monoisotopic (exact) mass is 256 g/mol. The third kappa shape index (κ3) is 3.30. The Morgan fingerprint density at radius 2 is 2.22 bits per heavy atom. The van der Waals surface area contributed by atoms with E-state index in [4.69, 9.17) is 5.11 Å². The van der Waals surface area contributed by atoms with E-state index in [0.29, 0.717) is 4.90 Å². The van der Waals surface area contributed by atoms with Gasteiger partial charge >= 0.3 is 12.1 Å². The minimum absolute atomic E-state index is 0.114. The summed E-state index contributed by atoms with van der Waals surface area (Å²) in [4.78, 5) is 45.3. The maximum atomic E-state index is 11.6. The van der Waals surface area contributed by atoms with Crippen molar-refractivity contribution in [1.82, 2.24) is 10.2 Å². The molecule has 0 bridgehead atoms. The van der Waals surface area contributed by atoms with Gasteiger partial charge < -0.3 is 9.84 Å². The molecule has 1 rings (SSSR count). The lowest BCUT2D eigenvalue weighted by Gasteiger charge is -2.23. The van der Waals surface area contributed by atoms with Crippen molar-refractivity contribution in [3.05, 3.63) is 12.7 Å². The van der Waals surface area contributed by atoms with Crippen LogP contribution in [0.3, 0.4) is 0 Å². The first kappa shape index (κ1) is 13.7. The highest BCUT2D eigenvalue weighted by molar-refractivity contribution is 6.06. The van der Waals surface area contributed by atoms with E-state index in [-0.39, 0.29) is 13.0 Å². The third-order valence-electron chi connectivity index (χ3n) is 2.19. The van der Waals surface area contributed by atoms with Gasteiger partial charge in [0.1, 0.15) is 19.2 Å². The predicted octanol–water partition coefficient (Wildman–Crippen LogP) is -0.889. The van der Waals surface area contributed by atoms with Gasteiger partial charge in [-0.25, -0.2) is 4.79 Å². The van der Waals surface area contributed by atoms with Crippen LogP contribution < -0.4 is 5.32 Å². The van der Waals surface area contributed by atoms with Crippen LogP contribution in [0.4, 0.5) is 4.79 Å². The summed E-state index contributed by atoms with van der Waals surface area (Å²) in [7, 11) is 0. The van der Waals surface area contributed by atoms with Gasteiger partial charge in [0.15, 0.2) is 0 Å². The van der Waals surface area contributed by atoms with Gasteiger partial charge in [-0.1, -0.05) is 12.7 Å². The molecular weight excluding hydrogens is 244 g/mol. The largest absolute Gasteiger partial charge is 0.480 e. The zero-order chi connectivity index (χ0) is 13.7. The van der Waals surface area contributed by atoms with Gasteiger partial charge in [-0.2, -0.15) is 0 Å². The number of carbonyl (C=O) groups excluding carboxylic acids is 3. The summed E-state index contributed by atoms with van der Waals surface area (Å²) in [6.45, 7) is 2.50. The Kier molecular flexibility index (Phi) is 4.41. The standard InChI is InChI=1S/C10H12N2O6/c1-2-3-18-10(17)12(5-8(14)15)6-4-7(13)11-9(6)16/h2,6H,1,3-5H2,(H,14,15)(H,11,13,16). The van der Waals surface area contributed by atoms with E-state index in [1.807, 2.05) is 5.32 Å². The molecule has 0 aromatic carbocycles. The van der Waals surface area contributed by atoms with Crippen molar-refractivity contribution in [2.24, 2.45) is 0 Å². The second-order valence-electron chi connectivity index (χ2n) is 3.52. The topological polar surface area (TPSA) is 113 Å². The van der Waals surface area contributed by atoms with Gasteiger partial charge in [-0.3, -0.25) is 24.6 Å². The summed E-state index contributed by atoms with van der Waals surface area (Å²) in [5, 5.41) is 10.7. The van der Waals surface area contributed by atoms with E-state index in [2.05, 4.69) is 11.3 Å². The van der Waals surface area contributed by atoms with Crippen LogP contribution in [0.1, 0.15) is 6.42 Å². The molecular formula is C10H12N2O6. The lowest BCUT2D eigenvalue weighted by atomic mass is 10.2. The molecule has 3 amide bonds. The summed E-state index contributed by atoms with van der Waals surface area (Å²) in [5.74, 6) is -2.58. The van der Waals surface area contributed by atoms with Gasteiger partial charge in [-0.15, -0.1) is 0 Å². The second kappa shape index (κ2) is 5.80. The average Bonchev–Trinajstić information content (AvgIpc) is 2.61. The number of carboxylic acids is 1. The fourth-order valence-corrected chi connectivity index (χ4v) is 1.45. The number of rotatable bonds is 5. The number of hydrogen-bond donors (Lipinski definition) is 2. The minimum Gasteiger partial charge on any atom is -0.480 e. The molecule has 1 fully saturated rings. The number of ether oxygens (including phenoxy) is 1. The summed E-state index contributed by atoms with van der Waals surface area (Å²) >= 11 is 0. The maximum absolute atomic E-state index is 11.6. The molecule has 2 N–H and O–H groups in total. The number of carboxylic acid groups (broad SMARTS) is 1. The molecule has 0 aromatic rings. The van der Waals surface area contributed by atoms with Crippen LogP contribution in [0.2, 0.25) is 0 Å². The number of imide groups is 1. The van der Waals surface area contributed by atoms with Crippen LogP contribution in [0.15, 0.2) is 12.7 Å². The molecule has 0 saturated carbocycles. The summed E-state index contributed by atoms with van der Waals surface area (Å²) in [6.07, 6.45) is 0.0543. The molecule has 1 aliphatic heterocycles. The number of hydrogen-bond acceptors (Lipinski definition) is 5. The molecule has 0 aromatic heterocycles. The normalized spacial score (nSPS) is 18.1. The van der Waals surface area contributed by atoms with Crippen molar-refractivity contribution < 1.29 is 29.0 Å². The molecule has 18 heavy (non-hydrogen) atoms. The van der Waals surface area contributed by atoms with Crippen LogP contribution in [0, 0.1) is 0 Å². The van der Waals surface area contributed by atoms with Crippen molar-refractivity contribution in [2.75, 3.05) is 13.2 Å². The van der Waals surface area contributed by atoms with E-state index in [1.165, 1.54) is 6.08 Å². The van der Waals surface area contributed by atoms with Crippen molar-refractivity contribution in [1.29, 1.82) is 0 Å². The highest BCUT2D eigenvalue weighted by Gasteiger charge is 2.39. The predicted molar refractivity (Wildman–Crippen MR) is 57.4 cm³/mol. The van der Waals surface area contributed by atoms with Crippen molar-refractivity contribution in [3.8, 4) is 0 Å². The van der Waals surface area contributed by atoms with Crippen LogP contribution in [-0.2, 0) is 19.1 Å². The Bertz CT molecular complexity index is 405. The first-order valence-electron chi connectivity index (χ1n) is 5.05. The Morgan fingerprint density at radius 3 is 2.67 bits per heavy atom. The molecule has 0 radical (unpaired) electrons. The summed E-state index contributed by atoms with van der Waals surface area (Å²) in [6, 6.07) is -1.15. The Hall–Kier alpha value is -2.38. The molecule has 1 aliphatic rings. The van der Waals surface area contributed by atoms with Gasteiger partial charge in [0.2, 0.25) is 11.8 Å². The Morgan fingerprint density at radius 1 is 1.56 bits per heavy atom. The lowest BCUT2D eigenvalue weighted by molar-refractivity contribution is -0.139. The zero-order valence-electron chi connectivity index (χ0n) is 9.42. The highest BCUT2D eigenvalue weighted by Crippen LogP contribution is 2.12. The van der Waals surface area contributed by atoms with Gasteiger partial charge in [0, 0.05) is 0 Å². The summed E-state index contributed by atoms with van der Waals surface area (Å²) in [5.41, 5.74) is 0. The lowest BCUT2D eigenvalue weighted by Crippen LogP contribution is -2.47. The van der Waals surface area contributed by atoms with E-state index in [1.54, 1.807) is 0 Å². The number of nitrogens with one attached hydrogen (secondary N) is 1. The van der Waals surface area contributed by atoms with Gasteiger partial charge in [0.05, 0.1) is 6.42 Å². The van der Waals surface area contributed by atoms with E-state index >= 15 is 0 Å². The van der Waals surface area contributed by atoms with Crippen molar-refractivity contribution >= 4 is 23.9 Å². The number of carbonyl (C=O) groups is 4. The number of nitrogens with zero attached hydrogens (tertiary/aromatic N) is 1. The van der Waals surface area contributed by atoms with Crippen molar-refractivity contribution in [3.63, 3.8) is 0 Å². The molecule has 0 aliphatic carbocycles. The summed E-state index contributed by atoms with van der Waals surface area (Å²) < 4.78 is 4.66. The first-order valence-corrected chi connectivity index (χ1v) is 5.05. The SMILES string of the molecule is C=CCOC(=O)N(CC(=O)O)C1CC(=O)NC1=O. The number of aliphatic carboxylic acids is 1. The second-order valence-corrected chi connectivity index (χ2v) is 3.52. The molecule has 1 unspecified atom stereocenters. The van der Waals surface area contributed by atoms with Crippen LogP contribution in [0.5, 0.6) is 0 Å². The Labute approximate surface area is 102 Å². The van der Waals surface area contributed by atoms with Gasteiger partial charge in [0.25, 0.3) is 0 Å². The van der Waals surface area contributed by atoms with E-state index in [0.717, 1.165) is 0 Å². The van der Waals surface area contributed by atoms with Crippen LogP contribution in [-0.4, -0.2) is 53.1 Å². The fourth-order valence-electron chi connectivity index (χ4n) is 1.45. The zero-order valence-corrected chi connectivity index (χ0v) is 9.42. The maximum Gasteiger partial charge on any atom is 0.411 e. The van der Waals surface area contributed by atoms with E-state index < -0.39 is 36.5 Å². The van der Waals surface area contributed by atoms with E-state index in [9.17, 15) is 19.2 Å². The van der Waals surface area contributed by atoms with Crippen LogP contribution >= 0.6 is 0 Å². The molecule has 8 heteroatoms. The average molecular weight is 256 g/mol. The first-order chi connectivity index (χ1) is 8.45. The molecule has 8 nitrogen and oxygen atoms in total. The Balaban J connectivity index is 2.80. The fraction of sp³-hybridized carbons (Fsp3) is 0.400. The van der Waals surface area contributed by atoms with Crippen LogP contribution in [0.25, 0.3) is 0 Å². The van der Waals surface area contributed by atoms with Crippen molar-refractivity contribution in [2.45, 2.75) is 12.5 Å².